The molecule has 0 spiro atoms. The summed E-state index contributed by atoms with van der Waals surface area (Å²) in [7, 11) is 0. The molecular formula is C54H35N3. The molecule has 0 fully saturated rings. The van der Waals surface area contributed by atoms with Crippen LogP contribution in [0.3, 0.4) is 0 Å². The normalized spacial score (nSPS) is 17.3. The van der Waals surface area contributed by atoms with Crippen molar-refractivity contribution in [2.45, 2.75) is 0 Å². The average Bonchev–Trinajstić information content (AvgIpc) is 2.59. The van der Waals surface area contributed by atoms with E-state index < -0.39 is 188 Å². The van der Waals surface area contributed by atoms with Gasteiger partial charge in [-0.05, 0) is 88.8 Å². The predicted molar refractivity (Wildman–Crippen MR) is 240 cm³/mol. The second-order valence-electron chi connectivity index (χ2n) is 13.3. The minimum absolute atomic E-state index is 0.198. The van der Waals surface area contributed by atoms with Gasteiger partial charge < -0.3 is 13.7 Å². The molecule has 266 valence electrons. The summed E-state index contributed by atoms with van der Waals surface area (Å²) in [5.41, 5.74) is -0.401. The Morgan fingerprint density at radius 1 is 0.316 bits per heavy atom. The lowest BCUT2D eigenvalue weighted by molar-refractivity contribution is 1.13. The lowest BCUT2D eigenvalue weighted by Gasteiger charge is -2.15. The molecule has 0 aliphatic heterocycles. The molecule has 0 aliphatic rings. The standard InChI is InChI=1S/C54H35N3/c1-2-15-36(16-3-1)37-17-12-18-38(33-37)39-19-13-20-40(34-39)56-50-28-10-6-23-44(50)46-25-14-30-53(54(46)56)57-51-29-11-7-24-45(51)47-35-41(31-32-52(47)57)55-48-26-8-4-21-42(48)43-22-5-9-27-49(43)55/h1-35H/i4D,5D,6D,7D,8D,9D,10D,11D,14D,21D,22D,23D,24D,25D,26D,27D,28D,29D,30D,31D,32D,35D. The maximum atomic E-state index is 10.1. The lowest BCUT2D eigenvalue weighted by atomic mass is 9.99. The first-order valence-corrected chi connectivity index (χ1v) is 17.8. The summed E-state index contributed by atoms with van der Waals surface area (Å²) >= 11 is 0. The number of benzene rings is 9. The third kappa shape index (κ3) is 4.79. The van der Waals surface area contributed by atoms with Gasteiger partial charge in [-0.2, -0.15) is 0 Å². The molecule has 3 nitrogen and oxygen atoms in total. The van der Waals surface area contributed by atoms with Crippen molar-refractivity contribution in [3.63, 3.8) is 0 Å². The maximum Gasteiger partial charge on any atom is 0.0782 e. The smallest absolute Gasteiger partial charge is 0.0782 e. The van der Waals surface area contributed by atoms with Crippen LogP contribution < -0.4 is 0 Å². The van der Waals surface area contributed by atoms with Gasteiger partial charge in [-0.25, -0.2) is 0 Å². The largest absolute Gasteiger partial charge is 0.309 e. The molecule has 0 saturated carbocycles. The third-order valence-electron chi connectivity index (χ3n) is 10.2. The molecule has 3 heteroatoms. The zero-order valence-electron chi connectivity index (χ0n) is 51.3. The van der Waals surface area contributed by atoms with Crippen molar-refractivity contribution in [1.29, 1.82) is 0 Å². The van der Waals surface area contributed by atoms with Gasteiger partial charge in [-0.3, -0.25) is 0 Å². The Morgan fingerprint density at radius 2 is 0.807 bits per heavy atom. The highest BCUT2D eigenvalue weighted by molar-refractivity contribution is 6.16. The fourth-order valence-electron chi connectivity index (χ4n) is 7.79. The van der Waals surface area contributed by atoms with E-state index in [-0.39, 0.29) is 27.5 Å². The monoisotopic (exact) mass is 747 g/mol. The zero-order chi connectivity index (χ0) is 56.6. The van der Waals surface area contributed by atoms with Crippen LogP contribution in [0.1, 0.15) is 30.2 Å². The van der Waals surface area contributed by atoms with Gasteiger partial charge in [-0.1, -0.05) is 145 Å². The molecule has 0 atom stereocenters. The highest BCUT2D eigenvalue weighted by Gasteiger charge is 2.21. The fraction of sp³-hybridized carbons (Fsp3) is 0. The number of aromatic nitrogens is 3. The molecule has 0 radical (unpaired) electrons. The van der Waals surface area contributed by atoms with Gasteiger partial charge in [0.2, 0.25) is 0 Å². The van der Waals surface area contributed by atoms with Gasteiger partial charge in [0, 0.05) is 43.7 Å². The fourth-order valence-corrected chi connectivity index (χ4v) is 7.79. The van der Waals surface area contributed by atoms with Crippen molar-refractivity contribution in [1.82, 2.24) is 13.7 Å². The maximum absolute atomic E-state index is 10.1. The minimum atomic E-state index is -0.924. The third-order valence-corrected chi connectivity index (χ3v) is 10.2. The molecule has 3 aromatic heterocycles. The van der Waals surface area contributed by atoms with Crippen LogP contribution in [0.15, 0.2) is 212 Å². The average molecular weight is 748 g/mol. The van der Waals surface area contributed by atoms with Crippen LogP contribution in [0.25, 0.3) is 105 Å². The van der Waals surface area contributed by atoms with Crippen LogP contribution in [0.2, 0.25) is 0 Å². The zero-order valence-corrected chi connectivity index (χ0v) is 29.3. The van der Waals surface area contributed by atoms with E-state index in [0.717, 1.165) is 25.8 Å². The number of rotatable bonds is 5. The van der Waals surface area contributed by atoms with Gasteiger partial charge in [0.25, 0.3) is 0 Å². The van der Waals surface area contributed by atoms with E-state index in [1.165, 1.54) is 4.57 Å². The van der Waals surface area contributed by atoms with Crippen LogP contribution in [0, 0.1) is 0 Å². The number of para-hydroxylation sites is 5. The van der Waals surface area contributed by atoms with E-state index in [1.807, 2.05) is 54.6 Å². The molecule has 0 N–H and O–H groups in total. The molecule has 3 heterocycles. The van der Waals surface area contributed by atoms with Crippen LogP contribution in [-0.2, 0) is 0 Å². The summed E-state index contributed by atoms with van der Waals surface area (Å²) < 4.78 is 206. The first-order chi connectivity index (χ1) is 37.5. The first kappa shape index (κ1) is 17.0. The Kier molecular flexibility index (Phi) is 3.72. The van der Waals surface area contributed by atoms with Crippen LogP contribution in [0.5, 0.6) is 0 Å². The van der Waals surface area contributed by atoms with Crippen molar-refractivity contribution in [3.05, 3.63) is 212 Å². The van der Waals surface area contributed by atoms with Crippen LogP contribution in [0.4, 0.5) is 0 Å². The Bertz CT molecular complexity index is 4730. The highest BCUT2D eigenvalue weighted by Crippen LogP contribution is 2.41. The highest BCUT2D eigenvalue weighted by atomic mass is 15.1. The van der Waals surface area contributed by atoms with E-state index in [1.54, 1.807) is 24.3 Å². The predicted octanol–water partition coefficient (Wildman–Crippen LogP) is 14.3. The van der Waals surface area contributed by atoms with E-state index in [0.29, 0.717) is 5.56 Å². The molecule has 12 aromatic rings. The van der Waals surface area contributed by atoms with E-state index in [2.05, 4.69) is 0 Å². The Hall–Kier alpha value is -7.62. The number of hydrogen-bond acceptors (Lipinski definition) is 0. The first-order valence-electron chi connectivity index (χ1n) is 28.8. The molecule has 12 rings (SSSR count). The summed E-state index contributed by atoms with van der Waals surface area (Å²) in [5, 5.41) is -2.34. The summed E-state index contributed by atoms with van der Waals surface area (Å²) in [6.07, 6.45) is 0. The van der Waals surface area contributed by atoms with Gasteiger partial charge in [0.05, 0.1) is 68.9 Å². The molecule has 0 saturated heterocycles. The van der Waals surface area contributed by atoms with E-state index >= 15 is 0 Å². The van der Waals surface area contributed by atoms with Crippen molar-refractivity contribution < 1.29 is 30.2 Å². The van der Waals surface area contributed by atoms with Gasteiger partial charge in [0.15, 0.2) is 0 Å². The van der Waals surface area contributed by atoms with Gasteiger partial charge >= 0.3 is 0 Å². The summed E-state index contributed by atoms with van der Waals surface area (Å²) in [5.74, 6) is 0. The molecule has 9 aromatic carbocycles. The molecule has 0 bridgehead atoms. The lowest BCUT2D eigenvalue weighted by Crippen LogP contribution is -2.01. The van der Waals surface area contributed by atoms with E-state index in [4.69, 9.17) is 16.4 Å². The van der Waals surface area contributed by atoms with Crippen molar-refractivity contribution in [2.75, 3.05) is 0 Å². The quantitative estimate of drug-likeness (QED) is 0.167. The topological polar surface area (TPSA) is 14.8 Å². The van der Waals surface area contributed by atoms with Crippen molar-refractivity contribution in [2.24, 2.45) is 0 Å². The number of hydrogen-bond donors (Lipinski definition) is 0. The van der Waals surface area contributed by atoms with Crippen molar-refractivity contribution in [3.8, 4) is 39.3 Å². The summed E-state index contributed by atoms with van der Waals surface area (Å²) in [6, 6.07) is 7.04. The minimum Gasteiger partial charge on any atom is -0.309 e. The molecule has 0 aliphatic carbocycles. The van der Waals surface area contributed by atoms with Crippen LogP contribution >= 0.6 is 0 Å². The number of nitrogens with zero attached hydrogens (tertiary/aromatic N) is 3. The Balaban J connectivity index is 1.30. The molecule has 57 heavy (non-hydrogen) atoms. The summed E-state index contributed by atoms with van der Waals surface area (Å²) in [4.78, 5) is 0. The SMILES string of the molecule is [2H]c1c([2H])c([2H])c2c(c1[2H])c1c([2H])c([2H])c([2H])c(-n3c4c([2H])c([2H])c([2H])c([2H])c4c4c([2H])c(-n5c6c([2H])c([2H])c([2H])c([2H])c6c6c([2H])c([2H])c([2H])c([2H])c65)c([2H])c([2H])c43)c1n2-c1cccc(-c2cccc(-c3ccccc3)c2)c1. The molecular weight excluding hydrogens is 691 g/mol. The molecule has 0 amide bonds. The van der Waals surface area contributed by atoms with Crippen LogP contribution in [-0.4, -0.2) is 13.7 Å². The summed E-state index contributed by atoms with van der Waals surface area (Å²) in [6.45, 7) is 0. The Labute approximate surface area is 360 Å². The molecule has 0 unspecified atom stereocenters. The second-order valence-corrected chi connectivity index (χ2v) is 13.3. The van der Waals surface area contributed by atoms with Gasteiger partial charge in [0.1, 0.15) is 0 Å². The van der Waals surface area contributed by atoms with Gasteiger partial charge in [-0.15, -0.1) is 0 Å². The Morgan fingerprint density at radius 3 is 1.49 bits per heavy atom. The number of fused-ring (bicyclic) bond motifs is 9. The van der Waals surface area contributed by atoms with Crippen molar-refractivity contribution >= 4 is 65.4 Å². The second kappa shape index (κ2) is 12.5. The van der Waals surface area contributed by atoms with E-state index in [9.17, 15) is 13.7 Å².